The number of nitrogens with zero attached hydrogens (tertiary/aromatic N) is 3. The Morgan fingerprint density at radius 2 is 2.23 bits per heavy atom. The highest BCUT2D eigenvalue weighted by atomic mass is 32.2. The lowest BCUT2D eigenvalue weighted by Crippen LogP contribution is -1.97. The first-order valence-electron chi connectivity index (χ1n) is 4.15. The Morgan fingerprint density at radius 3 is 2.85 bits per heavy atom. The molecule has 0 saturated heterocycles. The van der Waals surface area contributed by atoms with Gasteiger partial charge in [-0.1, -0.05) is 13.8 Å². The number of aromatic nitrogens is 2. The molecule has 0 bridgehead atoms. The van der Waals surface area contributed by atoms with Gasteiger partial charge in [-0.2, -0.15) is 5.26 Å². The molecule has 68 valence electrons. The summed E-state index contributed by atoms with van der Waals surface area (Å²) in [5.41, 5.74) is 0.424. The van der Waals surface area contributed by atoms with Crippen LogP contribution in [-0.2, 0) is 0 Å². The van der Waals surface area contributed by atoms with Gasteiger partial charge < -0.3 is 0 Å². The minimum Gasteiger partial charge on any atom is -0.245 e. The summed E-state index contributed by atoms with van der Waals surface area (Å²) in [5, 5.41) is 9.95. The van der Waals surface area contributed by atoms with E-state index in [9.17, 15) is 0 Å². The second-order valence-electron chi connectivity index (χ2n) is 2.66. The molecule has 1 rings (SSSR count). The molecule has 0 saturated carbocycles. The first kappa shape index (κ1) is 10.0. The zero-order valence-corrected chi connectivity index (χ0v) is 8.51. The van der Waals surface area contributed by atoms with Crippen molar-refractivity contribution in [3.63, 3.8) is 0 Å². The van der Waals surface area contributed by atoms with E-state index < -0.39 is 0 Å². The van der Waals surface area contributed by atoms with Crippen LogP contribution >= 0.6 is 11.8 Å². The molecule has 0 aliphatic carbocycles. The highest BCUT2D eigenvalue weighted by molar-refractivity contribution is 7.99. The third-order valence-corrected chi connectivity index (χ3v) is 2.92. The molecule has 1 unspecified atom stereocenters. The fourth-order valence-electron chi connectivity index (χ4n) is 0.762. The summed E-state index contributed by atoms with van der Waals surface area (Å²) >= 11 is 1.60. The zero-order valence-electron chi connectivity index (χ0n) is 7.69. The molecule has 3 nitrogen and oxygen atoms in total. The van der Waals surface area contributed by atoms with Gasteiger partial charge in [-0.25, -0.2) is 9.97 Å². The van der Waals surface area contributed by atoms with Crippen molar-refractivity contribution in [2.45, 2.75) is 30.5 Å². The van der Waals surface area contributed by atoms with Crippen molar-refractivity contribution in [1.29, 1.82) is 5.26 Å². The quantitative estimate of drug-likeness (QED) is 0.691. The van der Waals surface area contributed by atoms with Gasteiger partial charge in [-0.3, -0.25) is 0 Å². The maximum Gasteiger partial charge on any atom is 0.172 e. The first-order valence-corrected chi connectivity index (χ1v) is 5.03. The van der Waals surface area contributed by atoms with Crippen molar-refractivity contribution < 1.29 is 0 Å². The van der Waals surface area contributed by atoms with Gasteiger partial charge in [-0.15, -0.1) is 11.8 Å². The van der Waals surface area contributed by atoms with Gasteiger partial charge in [0.25, 0.3) is 0 Å². The van der Waals surface area contributed by atoms with Crippen molar-refractivity contribution in [2.75, 3.05) is 0 Å². The normalized spacial score (nSPS) is 12.1. The number of nitriles is 1. The molecule has 0 N–H and O–H groups in total. The summed E-state index contributed by atoms with van der Waals surface area (Å²) < 4.78 is 0. The van der Waals surface area contributed by atoms with Crippen LogP contribution in [0.3, 0.4) is 0 Å². The zero-order chi connectivity index (χ0) is 9.68. The molecule has 13 heavy (non-hydrogen) atoms. The van der Waals surface area contributed by atoms with Gasteiger partial charge in [0.15, 0.2) is 5.69 Å². The maximum atomic E-state index is 8.74. The number of thioether (sulfide) groups is 1. The van der Waals surface area contributed by atoms with E-state index in [4.69, 9.17) is 5.26 Å². The molecule has 0 radical (unpaired) electrons. The summed E-state index contributed by atoms with van der Waals surface area (Å²) in [7, 11) is 0. The Kier molecular flexibility index (Phi) is 3.71. The fraction of sp³-hybridized carbons (Fsp3) is 0.444. The average molecular weight is 193 g/mol. The van der Waals surface area contributed by atoms with Crippen LogP contribution in [0.25, 0.3) is 0 Å². The number of hydrogen-bond acceptors (Lipinski definition) is 4. The molecule has 4 heteroatoms. The Bertz CT molecular complexity index is 319. The van der Waals surface area contributed by atoms with E-state index in [1.807, 2.05) is 6.07 Å². The van der Waals surface area contributed by atoms with Gasteiger partial charge in [-0.05, 0) is 6.42 Å². The summed E-state index contributed by atoms with van der Waals surface area (Å²) in [6, 6.07) is 2.03. The monoisotopic (exact) mass is 193 g/mol. The summed E-state index contributed by atoms with van der Waals surface area (Å²) in [6.07, 6.45) is 4.22. The molecule has 1 aromatic heterocycles. The fourth-order valence-corrected chi connectivity index (χ4v) is 1.64. The Morgan fingerprint density at radius 1 is 1.54 bits per heavy atom. The van der Waals surface area contributed by atoms with E-state index >= 15 is 0 Å². The smallest absolute Gasteiger partial charge is 0.172 e. The van der Waals surface area contributed by atoms with Crippen LogP contribution in [0.4, 0.5) is 0 Å². The Hall–Kier alpha value is -1.08. The third kappa shape index (κ3) is 2.71. The SMILES string of the molecule is CCC(C)Sc1nccnc1C#N. The van der Waals surface area contributed by atoms with Crippen molar-refractivity contribution in [3.05, 3.63) is 18.1 Å². The number of hydrogen-bond donors (Lipinski definition) is 0. The molecule has 0 aromatic carbocycles. The maximum absolute atomic E-state index is 8.74. The van der Waals surface area contributed by atoms with Crippen molar-refractivity contribution in [1.82, 2.24) is 9.97 Å². The molecule has 0 fully saturated rings. The van der Waals surface area contributed by atoms with Crippen LogP contribution in [-0.4, -0.2) is 15.2 Å². The van der Waals surface area contributed by atoms with E-state index in [1.165, 1.54) is 0 Å². The van der Waals surface area contributed by atoms with Gasteiger partial charge in [0.05, 0.1) is 0 Å². The van der Waals surface area contributed by atoms with E-state index in [-0.39, 0.29) is 0 Å². The van der Waals surface area contributed by atoms with Crippen LogP contribution in [0.15, 0.2) is 17.4 Å². The van der Waals surface area contributed by atoms with Crippen LogP contribution in [0.1, 0.15) is 26.0 Å². The van der Waals surface area contributed by atoms with Gasteiger partial charge in [0.1, 0.15) is 11.1 Å². The van der Waals surface area contributed by atoms with Crippen molar-refractivity contribution in [2.24, 2.45) is 0 Å². The molecule has 1 atom stereocenters. The van der Waals surface area contributed by atoms with Gasteiger partial charge >= 0.3 is 0 Å². The molecule has 1 heterocycles. The molecule has 0 spiro atoms. The predicted octanol–water partition coefficient (Wildman–Crippen LogP) is 2.24. The largest absolute Gasteiger partial charge is 0.245 e. The lowest BCUT2D eigenvalue weighted by atomic mass is 10.4. The van der Waals surface area contributed by atoms with Crippen LogP contribution < -0.4 is 0 Å². The number of rotatable bonds is 3. The Labute approximate surface area is 82.2 Å². The standard InChI is InChI=1S/C9H11N3S/c1-3-7(2)13-9-8(6-10)11-4-5-12-9/h4-5,7H,3H2,1-2H3. The summed E-state index contributed by atoms with van der Waals surface area (Å²) in [6.45, 7) is 4.22. The summed E-state index contributed by atoms with van der Waals surface area (Å²) in [5.74, 6) is 0. The van der Waals surface area contributed by atoms with Gasteiger partial charge in [0.2, 0.25) is 0 Å². The molecular formula is C9H11N3S. The second kappa shape index (κ2) is 4.83. The lowest BCUT2D eigenvalue weighted by molar-refractivity contribution is 0.896. The predicted molar refractivity (Wildman–Crippen MR) is 52.4 cm³/mol. The van der Waals surface area contributed by atoms with Crippen molar-refractivity contribution in [3.8, 4) is 6.07 Å². The van der Waals surface area contributed by atoms with E-state index in [0.29, 0.717) is 10.9 Å². The molecule has 0 aliphatic heterocycles. The highest BCUT2D eigenvalue weighted by Gasteiger charge is 2.08. The third-order valence-electron chi connectivity index (χ3n) is 1.66. The average Bonchev–Trinajstić information content (AvgIpc) is 2.18. The van der Waals surface area contributed by atoms with Crippen LogP contribution in [0.2, 0.25) is 0 Å². The second-order valence-corrected chi connectivity index (χ2v) is 4.09. The summed E-state index contributed by atoms with van der Waals surface area (Å²) in [4.78, 5) is 8.06. The molecule has 1 aromatic rings. The lowest BCUT2D eigenvalue weighted by Gasteiger charge is -2.06. The van der Waals surface area contributed by atoms with Crippen molar-refractivity contribution >= 4 is 11.8 Å². The minimum atomic E-state index is 0.424. The topological polar surface area (TPSA) is 49.6 Å². The minimum absolute atomic E-state index is 0.424. The molecular weight excluding hydrogens is 182 g/mol. The highest BCUT2D eigenvalue weighted by Crippen LogP contribution is 2.24. The molecule has 0 amide bonds. The van der Waals surface area contributed by atoms with Gasteiger partial charge in [0, 0.05) is 17.6 Å². The van der Waals surface area contributed by atoms with E-state index in [0.717, 1.165) is 11.4 Å². The molecule has 0 aliphatic rings. The van der Waals surface area contributed by atoms with Crippen LogP contribution in [0, 0.1) is 11.3 Å². The first-order chi connectivity index (χ1) is 6.27. The van der Waals surface area contributed by atoms with E-state index in [1.54, 1.807) is 24.2 Å². The van der Waals surface area contributed by atoms with E-state index in [2.05, 4.69) is 23.8 Å². The van der Waals surface area contributed by atoms with Crippen LogP contribution in [0.5, 0.6) is 0 Å². The Balaban J connectivity index is 2.82.